The molecule has 1 fully saturated rings. The van der Waals surface area contributed by atoms with Gasteiger partial charge in [0.2, 0.25) is 0 Å². The Kier molecular flexibility index (Phi) is 5.43. The fraction of sp³-hybridized carbons (Fsp3) is 0.350. The van der Waals surface area contributed by atoms with E-state index < -0.39 is 0 Å². The van der Waals surface area contributed by atoms with Gasteiger partial charge in [0.1, 0.15) is 0 Å². The van der Waals surface area contributed by atoms with E-state index in [0.29, 0.717) is 6.54 Å². The molecule has 3 nitrogen and oxygen atoms in total. The predicted molar refractivity (Wildman–Crippen MR) is 108 cm³/mol. The molecule has 2 aromatic carbocycles. The number of aryl methyl sites for hydroxylation is 1. The minimum atomic E-state index is 0.0827. The van der Waals surface area contributed by atoms with Gasteiger partial charge in [-0.25, -0.2) is 0 Å². The minimum Gasteiger partial charge on any atom is -0.371 e. The zero-order valence-electron chi connectivity index (χ0n) is 14.3. The third-order valence-electron chi connectivity index (χ3n) is 4.61. The molecule has 0 aromatic heterocycles. The quantitative estimate of drug-likeness (QED) is 0.663. The number of carbonyl (C=O) groups is 1. The number of hydrogen-bond acceptors (Lipinski definition) is 2. The second-order valence-electron chi connectivity index (χ2n) is 6.42. The van der Waals surface area contributed by atoms with Crippen LogP contribution in [-0.2, 0) is 6.54 Å². The summed E-state index contributed by atoms with van der Waals surface area (Å²) in [6, 6.07) is 14.4. The van der Waals surface area contributed by atoms with E-state index in [2.05, 4.69) is 51.8 Å². The van der Waals surface area contributed by atoms with Crippen molar-refractivity contribution in [2.45, 2.75) is 26.3 Å². The summed E-state index contributed by atoms with van der Waals surface area (Å²) in [7, 11) is 1.89. The first-order chi connectivity index (χ1) is 11.6. The van der Waals surface area contributed by atoms with Crippen LogP contribution >= 0.6 is 22.6 Å². The summed E-state index contributed by atoms with van der Waals surface area (Å²) in [6.45, 7) is 4.91. The monoisotopic (exact) mass is 434 g/mol. The van der Waals surface area contributed by atoms with E-state index in [9.17, 15) is 4.79 Å². The molecule has 1 amide bonds. The number of anilines is 1. The van der Waals surface area contributed by atoms with Crippen LogP contribution in [0, 0.1) is 10.5 Å². The highest BCUT2D eigenvalue weighted by Gasteiger charge is 2.19. The molecule has 0 N–H and O–H groups in total. The van der Waals surface area contributed by atoms with Crippen LogP contribution in [0.2, 0.25) is 0 Å². The Morgan fingerprint density at radius 3 is 2.58 bits per heavy atom. The van der Waals surface area contributed by atoms with Gasteiger partial charge in [-0.15, -0.1) is 0 Å². The lowest BCUT2D eigenvalue weighted by atomic mass is 10.1. The Labute approximate surface area is 157 Å². The average molecular weight is 434 g/mol. The molecule has 0 radical (unpaired) electrons. The van der Waals surface area contributed by atoms with Gasteiger partial charge in [0.15, 0.2) is 0 Å². The third kappa shape index (κ3) is 3.58. The Balaban J connectivity index is 1.81. The molecule has 0 unspecified atom stereocenters. The van der Waals surface area contributed by atoms with Crippen molar-refractivity contribution >= 4 is 34.2 Å². The van der Waals surface area contributed by atoms with Crippen LogP contribution in [0.15, 0.2) is 42.5 Å². The summed E-state index contributed by atoms with van der Waals surface area (Å²) in [4.78, 5) is 17.1. The molecule has 0 atom stereocenters. The van der Waals surface area contributed by atoms with Gasteiger partial charge in [0.25, 0.3) is 5.91 Å². The maximum absolute atomic E-state index is 12.9. The number of halogens is 1. The van der Waals surface area contributed by atoms with Crippen molar-refractivity contribution in [3.63, 3.8) is 0 Å². The van der Waals surface area contributed by atoms with Crippen molar-refractivity contribution in [3.05, 3.63) is 62.7 Å². The molecule has 0 saturated carbocycles. The fourth-order valence-corrected chi connectivity index (χ4v) is 3.85. The van der Waals surface area contributed by atoms with Crippen LogP contribution in [0.5, 0.6) is 0 Å². The van der Waals surface area contributed by atoms with Crippen molar-refractivity contribution < 1.29 is 4.79 Å². The number of benzene rings is 2. The van der Waals surface area contributed by atoms with E-state index in [0.717, 1.165) is 27.8 Å². The maximum atomic E-state index is 12.9. The van der Waals surface area contributed by atoms with Crippen LogP contribution < -0.4 is 4.90 Å². The summed E-state index contributed by atoms with van der Waals surface area (Å²) >= 11 is 2.27. The number of nitrogens with zero attached hydrogens (tertiary/aromatic N) is 2. The molecule has 1 heterocycles. The van der Waals surface area contributed by atoms with Gasteiger partial charge in [0.05, 0.1) is 5.56 Å². The summed E-state index contributed by atoms with van der Waals surface area (Å²) in [6.07, 6.45) is 2.51. The van der Waals surface area contributed by atoms with Crippen molar-refractivity contribution in [1.82, 2.24) is 4.90 Å². The van der Waals surface area contributed by atoms with E-state index in [1.165, 1.54) is 24.1 Å². The summed E-state index contributed by atoms with van der Waals surface area (Å²) < 4.78 is 1.04. The van der Waals surface area contributed by atoms with Gasteiger partial charge in [-0.3, -0.25) is 4.79 Å². The lowest BCUT2D eigenvalue weighted by Crippen LogP contribution is -2.28. The largest absolute Gasteiger partial charge is 0.371 e. The second kappa shape index (κ2) is 7.55. The van der Waals surface area contributed by atoms with E-state index in [4.69, 9.17) is 0 Å². The highest BCUT2D eigenvalue weighted by Crippen LogP contribution is 2.26. The SMILES string of the molecule is Cc1cccc(C(=O)N(C)Cc2ccccc2N2CCCC2)c1I. The smallest absolute Gasteiger partial charge is 0.254 e. The number of amides is 1. The molecule has 1 aliphatic rings. The molecule has 126 valence electrons. The van der Waals surface area contributed by atoms with Gasteiger partial charge in [0, 0.05) is 35.9 Å². The normalized spacial score (nSPS) is 14.0. The maximum Gasteiger partial charge on any atom is 0.254 e. The zero-order valence-corrected chi connectivity index (χ0v) is 16.4. The number of para-hydroxylation sites is 1. The second-order valence-corrected chi connectivity index (χ2v) is 7.50. The van der Waals surface area contributed by atoms with Crippen LogP contribution in [-0.4, -0.2) is 30.9 Å². The Hall–Kier alpha value is -1.56. The summed E-state index contributed by atoms with van der Waals surface area (Å²) in [5.41, 5.74) is 4.43. The molecule has 3 rings (SSSR count). The van der Waals surface area contributed by atoms with Gasteiger partial charge < -0.3 is 9.80 Å². The molecule has 2 aromatic rings. The zero-order chi connectivity index (χ0) is 17.1. The van der Waals surface area contributed by atoms with E-state index in [1.807, 2.05) is 37.1 Å². The van der Waals surface area contributed by atoms with Crippen LogP contribution in [0.1, 0.15) is 34.3 Å². The van der Waals surface area contributed by atoms with E-state index in [1.54, 1.807) is 0 Å². The Bertz CT molecular complexity index is 738. The summed E-state index contributed by atoms with van der Waals surface area (Å²) in [5, 5.41) is 0. The topological polar surface area (TPSA) is 23.6 Å². The molecular formula is C20H23IN2O. The molecule has 0 bridgehead atoms. The van der Waals surface area contributed by atoms with E-state index in [-0.39, 0.29) is 5.91 Å². The first kappa shape index (κ1) is 17.3. The van der Waals surface area contributed by atoms with Crippen molar-refractivity contribution in [1.29, 1.82) is 0 Å². The van der Waals surface area contributed by atoms with Crippen molar-refractivity contribution in [2.24, 2.45) is 0 Å². The molecule has 24 heavy (non-hydrogen) atoms. The number of rotatable bonds is 4. The molecule has 0 aliphatic carbocycles. The first-order valence-electron chi connectivity index (χ1n) is 8.41. The van der Waals surface area contributed by atoms with Gasteiger partial charge >= 0.3 is 0 Å². The molecule has 0 spiro atoms. The Morgan fingerprint density at radius 2 is 1.83 bits per heavy atom. The first-order valence-corrected chi connectivity index (χ1v) is 9.49. The van der Waals surface area contributed by atoms with Gasteiger partial charge in [-0.2, -0.15) is 0 Å². The van der Waals surface area contributed by atoms with Crippen LogP contribution in [0.4, 0.5) is 5.69 Å². The molecule has 1 saturated heterocycles. The van der Waals surface area contributed by atoms with Gasteiger partial charge in [-0.05, 0) is 65.6 Å². The lowest BCUT2D eigenvalue weighted by molar-refractivity contribution is 0.0784. The lowest BCUT2D eigenvalue weighted by Gasteiger charge is -2.25. The third-order valence-corrected chi connectivity index (χ3v) is 6.05. The van der Waals surface area contributed by atoms with E-state index >= 15 is 0 Å². The highest BCUT2D eigenvalue weighted by molar-refractivity contribution is 14.1. The molecule has 1 aliphatic heterocycles. The standard InChI is InChI=1S/C20H23IN2O/c1-15-8-7-10-17(19(15)21)20(24)22(2)14-16-9-3-4-11-18(16)23-12-5-6-13-23/h3-4,7-11H,5-6,12-14H2,1-2H3. The van der Waals surface area contributed by atoms with Crippen LogP contribution in [0.25, 0.3) is 0 Å². The van der Waals surface area contributed by atoms with Crippen molar-refractivity contribution in [3.8, 4) is 0 Å². The predicted octanol–water partition coefficient (Wildman–Crippen LogP) is 4.47. The average Bonchev–Trinajstić information content (AvgIpc) is 3.11. The minimum absolute atomic E-state index is 0.0827. The summed E-state index contributed by atoms with van der Waals surface area (Å²) in [5.74, 6) is 0.0827. The Morgan fingerprint density at radius 1 is 1.12 bits per heavy atom. The number of hydrogen-bond donors (Lipinski definition) is 0. The molecular weight excluding hydrogens is 411 g/mol. The van der Waals surface area contributed by atoms with Crippen molar-refractivity contribution in [2.75, 3.05) is 25.0 Å². The fourth-order valence-electron chi connectivity index (χ4n) is 3.26. The van der Waals surface area contributed by atoms with Gasteiger partial charge in [-0.1, -0.05) is 30.3 Å². The number of carbonyl (C=O) groups excluding carboxylic acids is 1. The van der Waals surface area contributed by atoms with Crippen LogP contribution in [0.3, 0.4) is 0 Å². The highest BCUT2D eigenvalue weighted by atomic mass is 127. The molecule has 4 heteroatoms.